The molecule has 0 saturated heterocycles. The molecule has 0 spiro atoms. The smallest absolute Gasteiger partial charge is 0.291 e. The number of carbonyl (C=O) groups excluding carboxylic acids is 2. The first-order valence-corrected chi connectivity index (χ1v) is 10.9. The van der Waals surface area contributed by atoms with E-state index in [0.29, 0.717) is 29.6 Å². The van der Waals surface area contributed by atoms with Crippen molar-refractivity contribution < 1.29 is 14.0 Å². The summed E-state index contributed by atoms with van der Waals surface area (Å²) >= 11 is 1.55. The molecule has 1 aliphatic rings. The molecule has 0 unspecified atom stereocenters. The van der Waals surface area contributed by atoms with Crippen molar-refractivity contribution in [2.45, 2.75) is 53.9 Å². The molecule has 0 bridgehead atoms. The van der Waals surface area contributed by atoms with Gasteiger partial charge in [-0.1, -0.05) is 20.8 Å². The van der Waals surface area contributed by atoms with Gasteiger partial charge in [0.1, 0.15) is 5.00 Å². The van der Waals surface area contributed by atoms with Crippen molar-refractivity contribution in [3.8, 4) is 0 Å². The average Bonchev–Trinajstić information content (AvgIpc) is 3.29. The van der Waals surface area contributed by atoms with Crippen LogP contribution in [0.5, 0.6) is 0 Å². The third-order valence-electron chi connectivity index (χ3n) is 5.73. The highest BCUT2D eigenvalue weighted by Gasteiger charge is 2.35. The van der Waals surface area contributed by atoms with Crippen LogP contribution in [-0.4, -0.2) is 29.8 Å². The van der Waals surface area contributed by atoms with Crippen molar-refractivity contribution in [2.75, 3.05) is 18.4 Å². The van der Waals surface area contributed by atoms with Crippen molar-refractivity contribution in [3.05, 3.63) is 40.2 Å². The number of anilines is 1. The Hall–Kier alpha value is -2.08. The van der Waals surface area contributed by atoms with Gasteiger partial charge in [-0.3, -0.25) is 9.59 Å². The van der Waals surface area contributed by atoms with Crippen LogP contribution in [0.4, 0.5) is 5.00 Å². The Bertz CT molecular complexity index is 842. The van der Waals surface area contributed by atoms with Crippen LogP contribution in [0.25, 0.3) is 0 Å². The second kappa shape index (κ2) is 8.11. The molecule has 1 N–H and O–H groups in total. The van der Waals surface area contributed by atoms with Crippen LogP contribution in [0.3, 0.4) is 0 Å². The van der Waals surface area contributed by atoms with Gasteiger partial charge in [0.15, 0.2) is 5.76 Å². The minimum atomic E-state index is -0.315. The lowest BCUT2D eigenvalue weighted by Gasteiger charge is -2.34. The quantitative estimate of drug-likeness (QED) is 0.745. The molecular weight excluding hydrogens is 372 g/mol. The van der Waals surface area contributed by atoms with E-state index in [1.165, 1.54) is 11.1 Å². The van der Waals surface area contributed by atoms with Crippen molar-refractivity contribution >= 4 is 28.2 Å². The van der Waals surface area contributed by atoms with Crippen molar-refractivity contribution in [2.24, 2.45) is 11.3 Å². The van der Waals surface area contributed by atoms with Gasteiger partial charge >= 0.3 is 0 Å². The fourth-order valence-electron chi connectivity index (χ4n) is 3.88. The third-order valence-corrected chi connectivity index (χ3v) is 6.90. The summed E-state index contributed by atoms with van der Waals surface area (Å²) in [5.74, 6) is 0.514. The number of thiophene rings is 1. The Morgan fingerprint density at radius 3 is 2.57 bits per heavy atom. The van der Waals surface area contributed by atoms with Gasteiger partial charge in [-0.25, -0.2) is 0 Å². The van der Waals surface area contributed by atoms with Crippen LogP contribution in [-0.2, 0) is 12.8 Å². The lowest BCUT2D eigenvalue weighted by Crippen LogP contribution is -2.32. The van der Waals surface area contributed by atoms with E-state index in [9.17, 15) is 9.59 Å². The first kappa shape index (κ1) is 20.6. The largest absolute Gasteiger partial charge is 0.459 e. The molecule has 2 heterocycles. The number of rotatable bonds is 5. The number of amides is 2. The van der Waals surface area contributed by atoms with E-state index in [1.54, 1.807) is 23.5 Å². The van der Waals surface area contributed by atoms with E-state index in [0.717, 1.165) is 24.8 Å². The van der Waals surface area contributed by atoms with E-state index in [-0.39, 0.29) is 23.0 Å². The zero-order chi connectivity index (χ0) is 20.5. The highest BCUT2D eigenvalue weighted by Crippen LogP contribution is 2.44. The van der Waals surface area contributed by atoms with Crippen LogP contribution in [0.15, 0.2) is 22.8 Å². The Morgan fingerprint density at radius 2 is 2.00 bits per heavy atom. The van der Waals surface area contributed by atoms with Crippen molar-refractivity contribution in [1.82, 2.24) is 4.90 Å². The SMILES string of the molecule is CCN(CC)C(=O)c1c(NC(=O)c2ccco2)sc2c1CC[C@@H](C(C)(C)C)C2. The van der Waals surface area contributed by atoms with Gasteiger partial charge in [0.05, 0.1) is 11.8 Å². The second-order valence-corrected chi connectivity index (χ2v) is 9.53. The van der Waals surface area contributed by atoms with Gasteiger partial charge in [0, 0.05) is 18.0 Å². The molecule has 2 amide bonds. The second-order valence-electron chi connectivity index (χ2n) is 8.42. The number of hydrogen-bond donors (Lipinski definition) is 1. The summed E-state index contributed by atoms with van der Waals surface area (Å²) in [5.41, 5.74) is 2.02. The zero-order valence-corrected chi connectivity index (χ0v) is 18.2. The topological polar surface area (TPSA) is 62.6 Å². The van der Waals surface area contributed by atoms with Gasteiger partial charge in [0.2, 0.25) is 0 Å². The van der Waals surface area contributed by atoms with Crippen LogP contribution in [0, 0.1) is 11.3 Å². The first-order chi connectivity index (χ1) is 13.3. The fourth-order valence-corrected chi connectivity index (χ4v) is 5.20. The van der Waals surface area contributed by atoms with Gasteiger partial charge in [-0.05, 0) is 62.1 Å². The molecule has 0 aliphatic heterocycles. The molecule has 152 valence electrons. The summed E-state index contributed by atoms with van der Waals surface area (Å²) in [6.45, 7) is 12.1. The van der Waals surface area contributed by atoms with Crippen molar-refractivity contribution in [1.29, 1.82) is 0 Å². The first-order valence-electron chi connectivity index (χ1n) is 10.0. The summed E-state index contributed by atoms with van der Waals surface area (Å²) in [4.78, 5) is 28.9. The molecule has 0 radical (unpaired) electrons. The summed E-state index contributed by atoms with van der Waals surface area (Å²) in [5, 5.41) is 3.60. The number of nitrogens with one attached hydrogen (secondary N) is 1. The molecule has 3 rings (SSSR count). The number of fused-ring (bicyclic) bond motifs is 1. The minimum absolute atomic E-state index is 0.00598. The molecular formula is C22H30N2O3S. The highest BCUT2D eigenvalue weighted by molar-refractivity contribution is 7.17. The lowest BCUT2D eigenvalue weighted by atomic mass is 9.72. The van der Waals surface area contributed by atoms with Crippen LogP contribution in [0.2, 0.25) is 0 Å². The third kappa shape index (κ3) is 4.02. The Balaban J connectivity index is 1.99. The monoisotopic (exact) mass is 402 g/mol. The van der Waals surface area contributed by atoms with E-state index >= 15 is 0 Å². The zero-order valence-electron chi connectivity index (χ0n) is 17.4. The Kier molecular flexibility index (Phi) is 5.98. The Morgan fingerprint density at radius 1 is 1.29 bits per heavy atom. The maximum atomic E-state index is 13.3. The normalized spacial score (nSPS) is 16.5. The number of hydrogen-bond acceptors (Lipinski definition) is 4. The van der Waals surface area contributed by atoms with E-state index < -0.39 is 0 Å². The van der Waals surface area contributed by atoms with Gasteiger partial charge in [-0.15, -0.1) is 11.3 Å². The lowest BCUT2D eigenvalue weighted by molar-refractivity contribution is 0.0772. The minimum Gasteiger partial charge on any atom is -0.459 e. The molecule has 0 fully saturated rings. The van der Waals surface area contributed by atoms with Crippen molar-refractivity contribution in [3.63, 3.8) is 0 Å². The van der Waals surface area contributed by atoms with Crippen LogP contribution >= 0.6 is 11.3 Å². The molecule has 2 aromatic heterocycles. The predicted molar refractivity (Wildman–Crippen MR) is 113 cm³/mol. The summed E-state index contributed by atoms with van der Waals surface area (Å²) in [7, 11) is 0. The van der Waals surface area contributed by atoms with Crippen LogP contribution in [0.1, 0.15) is 72.4 Å². The molecule has 1 atom stereocenters. The van der Waals surface area contributed by atoms with Gasteiger partial charge in [-0.2, -0.15) is 0 Å². The molecule has 28 heavy (non-hydrogen) atoms. The van der Waals surface area contributed by atoms with E-state index in [1.807, 2.05) is 18.7 Å². The predicted octanol–water partition coefficient (Wildman–Crippen LogP) is 5.23. The van der Waals surface area contributed by atoms with Gasteiger partial charge < -0.3 is 14.6 Å². The van der Waals surface area contributed by atoms with Gasteiger partial charge in [0.25, 0.3) is 11.8 Å². The summed E-state index contributed by atoms with van der Waals surface area (Å²) in [6, 6.07) is 3.31. The van der Waals surface area contributed by atoms with E-state index in [2.05, 4.69) is 26.1 Å². The fraction of sp³-hybridized carbons (Fsp3) is 0.545. The molecule has 1 aliphatic carbocycles. The highest BCUT2D eigenvalue weighted by atomic mass is 32.1. The molecule has 0 saturated carbocycles. The molecule has 2 aromatic rings. The summed E-state index contributed by atoms with van der Waals surface area (Å²) in [6.07, 6.45) is 4.38. The standard InChI is InChI=1S/C22H30N2O3S/c1-6-24(7-2)21(26)18-15-11-10-14(22(3,4)5)13-17(15)28-20(18)23-19(25)16-9-8-12-27-16/h8-9,12,14H,6-7,10-11,13H2,1-5H3,(H,23,25)/t14-/m1/s1. The maximum absolute atomic E-state index is 13.3. The molecule has 6 heteroatoms. The summed E-state index contributed by atoms with van der Waals surface area (Å²) < 4.78 is 5.22. The molecule has 0 aromatic carbocycles. The average molecular weight is 403 g/mol. The van der Waals surface area contributed by atoms with E-state index in [4.69, 9.17) is 4.42 Å². The maximum Gasteiger partial charge on any atom is 0.291 e. The van der Waals surface area contributed by atoms with Crippen LogP contribution < -0.4 is 5.32 Å². The molecule has 5 nitrogen and oxygen atoms in total. The number of nitrogens with zero attached hydrogens (tertiary/aromatic N) is 1. The Labute approximate surface area is 171 Å². The number of carbonyl (C=O) groups is 2. The number of furan rings is 1.